The molecular weight excluding hydrogens is 318 g/mol. The Morgan fingerprint density at radius 2 is 2.28 bits per heavy atom. The summed E-state index contributed by atoms with van der Waals surface area (Å²) in [7, 11) is 0. The van der Waals surface area contributed by atoms with Gasteiger partial charge >= 0.3 is 0 Å². The van der Waals surface area contributed by atoms with Crippen molar-refractivity contribution >= 4 is 33.4 Å². The Bertz CT molecular complexity index is 423. The molecule has 1 N–H and O–H groups in total. The minimum absolute atomic E-state index is 0.200. The summed E-state index contributed by atoms with van der Waals surface area (Å²) < 4.78 is 5.99. The lowest BCUT2D eigenvalue weighted by Crippen LogP contribution is -2.27. The molecule has 5 heteroatoms. The van der Waals surface area contributed by atoms with Gasteiger partial charge < -0.3 is 10.1 Å². The zero-order chi connectivity index (χ0) is 13.4. The Labute approximate surface area is 120 Å². The van der Waals surface area contributed by atoms with Crippen LogP contribution in [-0.4, -0.2) is 25.7 Å². The first kappa shape index (κ1) is 15.2. The Morgan fingerprint density at radius 3 is 3.00 bits per heavy atom. The molecule has 1 rings (SSSR count). The molecule has 0 bridgehead atoms. The van der Waals surface area contributed by atoms with Gasteiger partial charge in [-0.3, -0.25) is 4.79 Å². The zero-order valence-corrected chi connectivity index (χ0v) is 12.3. The third kappa shape index (κ3) is 4.80. The van der Waals surface area contributed by atoms with Crippen LogP contribution in [0.25, 0.3) is 0 Å². The maximum atomic E-state index is 11.8. The highest BCUT2D eigenvalue weighted by Crippen LogP contribution is 2.25. The van der Waals surface area contributed by atoms with Gasteiger partial charge in [0.1, 0.15) is 0 Å². The van der Waals surface area contributed by atoms with Crippen LogP contribution in [0.15, 0.2) is 35.3 Å². The first-order valence-electron chi connectivity index (χ1n) is 5.57. The van der Waals surface area contributed by atoms with E-state index >= 15 is 0 Å². The molecule has 0 radical (unpaired) electrons. The molecule has 0 unspecified atom stereocenters. The second-order valence-corrected chi connectivity index (χ2v) is 4.78. The summed E-state index contributed by atoms with van der Waals surface area (Å²) in [5, 5.41) is 3.17. The number of nitrogens with one attached hydrogen (secondary N) is 1. The van der Waals surface area contributed by atoms with Gasteiger partial charge in [-0.05, 0) is 34.5 Å². The number of benzene rings is 1. The fourth-order valence-corrected chi connectivity index (χ4v) is 1.86. The van der Waals surface area contributed by atoms with Crippen LogP contribution in [0.3, 0.4) is 0 Å². The molecular formula is C13H15BrClNO2. The van der Waals surface area contributed by atoms with Gasteiger partial charge in [0.25, 0.3) is 5.91 Å². The van der Waals surface area contributed by atoms with Crippen molar-refractivity contribution in [1.29, 1.82) is 0 Å². The molecule has 0 heterocycles. The van der Waals surface area contributed by atoms with Gasteiger partial charge in [-0.25, -0.2) is 0 Å². The SMILES string of the molecule is C=CCCOCCNC(=O)c1cccc(Br)c1Cl. The van der Waals surface area contributed by atoms with E-state index in [1.807, 2.05) is 0 Å². The van der Waals surface area contributed by atoms with Gasteiger partial charge in [-0.2, -0.15) is 0 Å². The number of carbonyl (C=O) groups excluding carboxylic acids is 1. The molecule has 18 heavy (non-hydrogen) atoms. The van der Waals surface area contributed by atoms with Crippen LogP contribution in [0.4, 0.5) is 0 Å². The first-order valence-corrected chi connectivity index (χ1v) is 6.74. The van der Waals surface area contributed by atoms with E-state index in [0.29, 0.717) is 34.8 Å². The molecule has 98 valence electrons. The number of ether oxygens (including phenoxy) is 1. The van der Waals surface area contributed by atoms with Crippen molar-refractivity contribution in [1.82, 2.24) is 5.32 Å². The van der Waals surface area contributed by atoms with Crippen molar-refractivity contribution in [3.05, 3.63) is 45.9 Å². The average molecular weight is 333 g/mol. The monoisotopic (exact) mass is 331 g/mol. The van der Waals surface area contributed by atoms with Crippen LogP contribution in [-0.2, 0) is 4.74 Å². The predicted octanol–water partition coefficient (Wildman–Crippen LogP) is 3.43. The smallest absolute Gasteiger partial charge is 0.252 e. The van der Waals surface area contributed by atoms with E-state index in [9.17, 15) is 4.79 Å². The molecule has 0 fully saturated rings. The summed E-state index contributed by atoms with van der Waals surface area (Å²) in [4.78, 5) is 11.8. The summed E-state index contributed by atoms with van der Waals surface area (Å²) >= 11 is 9.30. The predicted molar refractivity (Wildman–Crippen MR) is 77.1 cm³/mol. The van der Waals surface area contributed by atoms with Crippen LogP contribution in [0.1, 0.15) is 16.8 Å². The molecule has 1 aromatic carbocycles. The van der Waals surface area contributed by atoms with Gasteiger partial charge in [0.2, 0.25) is 0 Å². The van der Waals surface area contributed by atoms with E-state index in [4.69, 9.17) is 16.3 Å². The Balaban J connectivity index is 2.37. The maximum Gasteiger partial charge on any atom is 0.252 e. The number of hydrogen-bond acceptors (Lipinski definition) is 2. The summed E-state index contributed by atoms with van der Waals surface area (Å²) in [6, 6.07) is 5.24. The standard InChI is InChI=1S/C13H15BrClNO2/c1-2-3-8-18-9-7-16-13(17)10-5-4-6-11(14)12(10)15/h2,4-6H,1,3,7-9H2,(H,16,17). The third-order valence-corrected chi connectivity index (χ3v) is 3.49. The second kappa shape index (κ2) is 8.29. The largest absolute Gasteiger partial charge is 0.379 e. The molecule has 0 aliphatic heterocycles. The summed E-state index contributed by atoms with van der Waals surface area (Å²) in [5.74, 6) is -0.200. The second-order valence-electron chi connectivity index (χ2n) is 3.55. The maximum absolute atomic E-state index is 11.8. The molecule has 1 amide bonds. The summed E-state index contributed by atoms with van der Waals surface area (Å²) in [5.41, 5.74) is 0.456. The number of amides is 1. The van der Waals surface area contributed by atoms with Gasteiger partial charge in [0.15, 0.2) is 0 Å². The van der Waals surface area contributed by atoms with Gasteiger partial charge in [0.05, 0.1) is 23.8 Å². The third-order valence-electron chi connectivity index (χ3n) is 2.19. The molecule has 0 saturated carbocycles. The van der Waals surface area contributed by atoms with Crippen LogP contribution in [0.5, 0.6) is 0 Å². The zero-order valence-electron chi connectivity index (χ0n) is 9.92. The van der Waals surface area contributed by atoms with Gasteiger partial charge in [-0.1, -0.05) is 23.7 Å². The highest BCUT2D eigenvalue weighted by atomic mass is 79.9. The Hall–Kier alpha value is -0.840. The van der Waals surface area contributed by atoms with E-state index < -0.39 is 0 Å². The highest BCUT2D eigenvalue weighted by Gasteiger charge is 2.11. The van der Waals surface area contributed by atoms with Crippen LogP contribution in [0.2, 0.25) is 5.02 Å². The fourth-order valence-electron chi connectivity index (χ4n) is 1.28. The first-order chi connectivity index (χ1) is 8.66. The molecule has 0 aromatic heterocycles. The lowest BCUT2D eigenvalue weighted by molar-refractivity contribution is 0.0918. The Morgan fingerprint density at radius 1 is 1.50 bits per heavy atom. The topological polar surface area (TPSA) is 38.3 Å². The minimum Gasteiger partial charge on any atom is -0.379 e. The molecule has 0 saturated heterocycles. The van der Waals surface area contributed by atoms with Gasteiger partial charge in [0, 0.05) is 11.0 Å². The quantitative estimate of drug-likeness (QED) is 0.614. The normalized spacial score (nSPS) is 10.1. The lowest BCUT2D eigenvalue weighted by Gasteiger charge is -2.08. The molecule has 0 aliphatic carbocycles. The van der Waals surface area contributed by atoms with Crippen molar-refractivity contribution in [2.45, 2.75) is 6.42 Å². The molecule has 3 nitrogen and oxygen atoms in total. The van der Waals surface area contributed by atoms with Crippen LogP contribution in [0, 0.1) is 0 Å². The van der Waals surface area contributed by atoms with Crippen LogP contribution < -0.4 is 5.32 Å². The lowest BCUT2D eigenvalue weighted by atomic mass is 10.2. The van der Waals surface area contributed by atoms with Crippen molar-refractivity contribution in [3.8, 4) is 0 Å². The van der Waals surface area contributed by atoms with Crippen molar-refractivity contribution in [2.24, 2.45) is 0 Å². The number of rotatable bonds is 7. The van der Waals surface area contributed by atoms with E-state index in [0.717, 1.165) is 6.42 Å². The van der Waals surface area contributed by atoms with E-state index in [1.165, 1.54) is 0 Å². The number of carbonyl (C=O) groups is 1. The van der Waals surface area contributed by atoms with Crippen molar-refractivity contribution < 1.29 is 9.53 Å². The molecule has 0 atom stereocenters. The van der Waals surface area contributed by atoms with Crippen molar-refractivity contribution in [3.63, 3.8) is 0 Å². The number of hydrogen-bond donors (Lipinski definition) is 1. The van der Waals surface area contributed by atoms with E-state index in [-0.39, 0.29) is 5.91 Å². The van der Waals surface area contributed by atoms with Crippen LogP contribution >= 0.6 is 27.5 Å². The molecule has 1 aromatic rings. The number of halogens is 2. The van der Waals surface area contributed by atoms with E-state index in [1.54, 1.807) is 24.3 Å². The summed E-state index contributed by atoms with van der Waals surface area (Å²) in [6.45, 7) is 5.15. The summed E-state index contributed by atoms with van der Waals surface area (Å²) in [6.07, 6.45) is 2.60. The van der Waals surface area contributed by atoms with Crippen molar-refractivity contribution in [2.75, 3.05) is 19.8 Å². The molecule has 0 aliphatic rings. The molecule has 0 spiro atoms. The minimum atomic E-state index is -0.200. The average Bonchev–Trinajstić information content (AvgIpc) is 2.36. The fraction of sp³-hybridized carbons (Fsp3) is 0.308. The van der Waals surface area contributed by atoms with Gasteiger partial charge in [-0.15, -0.1) is 6.58 Å². The van der Waals surface area contributed by atoms with E-state index in [2.05, 4.69) is 27.8 Å². The Kier molecular flexibility index (Phi) is 7.01. The highest BCUT2D eigenvalue weighted by molar-refractivity contribution is 9.10.